The third-order valence-electron chi connectivity index (χ3n) is 3.96. The first-order valence-corrected chi connectivity index (χ1v) is 7.12. The van der Waals surface area contributed by atoms with Gasteiger partial charge in [-0.3, -0.25) is 9.59 Å². The van der Waals surface area contributed by atoms with Crippen LogP contribution in [-0.2, 0) is 19.1 Å². The first kappa shape index (κ1) is 16.0. The summed E-state index contributed by atoms with van der Waals surface area (Å²) in [6.07, 6.45) is 4.59. The molecule has 0 aromatic carbocycles. The van der Waals surface area contributed by atoms with Gasteiger partial charge in [0.05, 0.1) is 5.92 Å². The van der Waals surface area contributed by atoms with Crippen molar-refractivity contribution in [2.75, 3.05) is 13.2 Å². The van der Waals surface area contributed by atoms with Crippen LogP contribution >= 0.6 is 0 Å². The number of ether oxygens (including phenoxy) is 2. The maximum absolute atomic E-state index is 11.9. The molecule has 0 aromatic rings. The molecule has 1 aliphatic carbocycles. The van der Waals surface area contributed by atoms with E-state index in [1.807, 2.05) is 6.92 Å². The predicted octanol–water partition coefficient (Wildman–Crippen LogP) is 2.95. The van der Waals surface area contributed by atoms with Crippen LogP contribution in [0.25, 0.3) is 0 Å². The van der Waals surface area contributed by atoms with Crippen molar-refractivity contribution in [3.8, 4) is 0 Å². The van der Waals surface area contributed by atoms with E-state index in [2.05, 4.69) is 13.8 Å². The highest BCUT2D eigenvalue weighted by atomic mass is 16.6. The van der Waals surface area contributed by atoms with E-state index in [1.165, 1.54) is 19.8 Å². The molecule has 0 N–H and O–H groups in total. The van der Waals surface area contributed by atoms with Crippen molar-refractivity contribution < 1.29 is 19.1 Å². The summed E-state index contributed by atoms with van der Waals surface area (Å²) in [5.74, 6) is -0.185. The van der Waals surface area contributed by atoms with Crippen molar-refractivity contribution in [2.45, 2.75) is 53.4 Å². The van der Waals surface area contributed by atoms with Gasteiger partial charge in [-0.25, -0.2) is 0 Å². The van der Waals surface area contributed by atoms with E-state index in [0.717, 1.165) is 12.8 Å². The third kappa shape index (κ3) is 5.62. The minimum atomic E-state index is -0.349. The Labute approximate surface area is 115 Å². The van der Waals surface area contributed by atoms with Crippen LogP contribution in [-0.4, -0.2) is 25.2 Å². The van der Waals surface area contributed by atoms with Crippen LogP contribution in [0.15, 0.2) is 0 Å². The fraction of sp³-hybridized carbons (Fsp3) is 0.867. The second-order valence-corrected chi connectivity index (χ2v) is 6.32. The number of esters is 2. The van der Waals surface area contributed by atoms with Crippen molar-refractivity contribution in [2.24, 2.45) is 17.3 Å². The molecule has 0 radical (unpaired) electrons. The molecule has 1 aliphatic rings. The molecular weight excluding hydrogens is 244 g/mol. The van der Waals surface area contributed by atoms with Gasteiger partial charge in [0.25, 0.3) is 0 Å². The largest absolute Gasteiger partial charge is 0.462 e. The molecule has 1 rings (SSSR count). The molecule has 1 saturated carbocycles. The van der Waals surface area contributed by atoms with Gasteiger partial charge in [-0.1, -0.05) is 27.2 Å². The van der Waals surface area contributed by atoms with Crippen LogP contribution in [0.5, 0.6) is 0 Å². The third-order valence-corrected chi connectivity index (χ3v) is 3.96. The van der Waals surface area contributed by atoms with Gasteiger partial charge in [0, 0.05) is 6.92 Å². The van der Waals surface area contributed by atoms with Crippen LogP contribution in [0.1, 0.15) is 53.4 Å². The molecule has 0 heterocycles. The summed E-state index contributed by atoms with van der Waals surface area (Å²) in [6.45, 7) is 8.10. The minimum absolute atomic E-state index is 0.0723. The van der Waals surface area contributed by atoms with Crippen LogP contribution in [0.3, 0.4) is 0 Å². The van der Waals surface area contributed by atoms with Crippen LogP contribution in [0, 0.1) is 17.3 Å². The normalized spacial score (nSPS) is 23.5. The molecule has 0 aliphatic heterocycles. The van der Waals surface area contributed by atoms with E-state index < -0.39 is 0 Å². The van der Waals surface area contributed by atoms with Crippen molar-refractivity contribution in [3.05, 3.63) is 0 Å². The Morgan fingerprint density at radius 1 is 1.26 bits per heavy atom. The van der Waals surface area contributed by atoms with Gasteiger partial charge in [-0.15, -0.1) is 0 Å². The molecule has 110 valence electrons. The molecule has 0 amide bonds. The summed E-state index contributed by atoms with van der Waals surface area (Å²) >= 11 is 0. The van der Waals surface area contributed by atoms with Crippen molar-refractivity contribution in [1.82, 2.24) is 0 Å². The molecule has 0 spiro atoms. The lowest BCUT2D eigenvalue weighted by Gasteiger charge is -2.37. The summed E-state index contributed by atoms with van der Waals surface area (Å²) in [4.78, 5) is 22.5. The highest BCUT2D eigenvalue weighted by molar-refractivity contribution is 5.72. The molecule has 1 fully saturated rings. The van der Waals surface area contributed by atoms with Gasteiger partial charge in [0.2, 0.25) is 0 Å². The summed E-state index contributed by atoms with van der Waals surface area (Å²) in [5, 5.41) is 0. The van der Waals surface area contributed by atoms with E-state index >= 15 is 0 Å². The number of carbonyl (C=O) groups is 2. The van der Waals surface area contributed by atoms with Crippen LogP contribution in [0.2, 0.25) is 0 Å². The fourth-order valence-electron chi connectivity index (χ4n) is 2.84. The molecule has 0 aromatic heterocycles. The maximum Gasteiger partial charge on any atom is 0.309 e. The first-order chi connectivity index (χ1) is 8.82. The van der Waals surface area contributed by atoms with Gasteiger partial charge < -0.3 is 9.47 Å². The second kappa shape index (κ2) is 6.92. The zero-order valence-corrected chi connectivity index (χ0v) is 12.5. The van der Waals surface area contributed by atoms with E-state index in [4.69, 9.17) is 9.47 Å². The van der Waals surface area contributed by atoms with Gasteiger partial charge in [0.1, 0.15) is 13.2 Å². The number of carbonyl (C=O) groups excluding carboxylic acids is 2. The topological polar surface area (TPSA) is 52.6 Å². The predicted molar refractivity (Wildman–Crippen MR) is 72.5 cm³/mol. The molecule has 0 saturated heterocycles. The lowest BCUT2D eigenvalue weighted by Crippen LogP contribution is -2.31. The lowest BCUT2D eigenvalue weighted by atomic mass is 9.68. The SMILES string of the molecule is CC(=O)OCCOC(=O)C(C)C1CCCC(C)(C)C1. The number of hydrogen-bond donors (Lipinski definition) is 0. The number of rotatable bonds is 5. The Morgan fingerprint density at radius 2 is 1.89 bits per heavy atom. The Kier molecular flexibility index (Phi) is 5.83. The van der Waals surface area contributed by atoms with Crippen molar-refractivity contribution in [3.63, 3.8) is 0 Å². The average molecular weight is 270 g/mol. The Hall–Kier alpha value is -1.06. The standard InChI is InChI=1S/C15H26O4/c1-11(13-6-5-7-15(3,4)10-13)14(17)19-9-8-18-12(2)16/h11,13H,5-10H2,1-4H3. The van der Waals surface area contributed by atoms with Crippen molar-refractivity contribution >= 4 is 11.9 Å². The van der Waals surface area contributed by atoms with Gasteiger partial charge in [-0.2, -0.15) is 0 Å². The van der Waals surface area contributed by atoms with E-state index in [-0.39, 0.29) is 31.1 Å². The van der Waals surface area contributed by atoms with Crippen molar-refractivity contribution in [1.29, 1.82) is 0 Å². The van der Waals surface area contributed by atoms with Gasteiger partial charge >= 0.3 is 11.9 Å². The van der Waals surface area contributed by atoms with Gasteiger partial charge in [-0.05, 0) is 30.6 Å². The summed E-state index contributed by atoms with van der Waals surface area (Å²) in [7, 11) is 0. The second-order valence-electron chi connectivity index (χ2n) is 6.32. The highest BCUT2D eigenvalue weighted by Crippen LogP contribution is 2.41. The molecule has 4 heteroatoms. The Bertz CT molecular complexity index is 322. The molecular formula is C15H26O4. The molecule has 0 bridgehead atoms. The zero-order valence-electron chi connectivity index (χ0n) is 12.5. The summed E-state index contributed by atoms with van der Waals surface area (Å²) in [6, 6.07) is 0. The molecule has 2 atom stereocenters. The monoisotopic (exact) mass is 270 g/mol. The fourth-order valence-corrected chi connectivity index (χ4v) is 2.84. The summed E-state index contributed by atoms with van der Waals surface area (Å²) < 4.78 is 9.89. The van der Waals surface area contributed by atoms with Crippen LogP contribution < -0.4 is 0 Å². The summed E-state index contributed by atoms with van der Waals surface area (Å²) in [5.41, 5.74) is 0.329. The van der Waals surface area contributed by atoms with E-state index in [0.29, 0.717) is 11.3 Å². The maximum atomic E-state index is 11.9. The molecule has 19 heavy (non-hydrogen) atoms. The average Bonchev–Trinajstić information content (AvgIpc) is 2.32. The zero-order chi connectivity index (χ0) is 14.5. The molecule has 4 nitrogen and oxygen atoms in total. The Balaban J connectivity index is 2.33. The number of hydrogen-bond acceptors (Lipinski definition) is 4. The smallest absolute Gasteiger partial charge is 0.309 e. The quantitative estimate of drug-likeness (QED) is 0.569. The lowest BCUT2D eigenvalue weighted by molar-refractivity contribution is -0.155. The van der Waals surface area contributed by atoms with Gasteiger partial charge in [0.15, 0.2) is 0 Å². The Morgan fingerprint density at radius 3 is 2.47 bits per heavy atom. The first-order valence-electron chi connectivity index (χ1n) is 7.12. The molecule has 2 unspecified atom stereocenters. The van der Waals surface area contributed by atoms with E-state index in [9.17, 15) is 9.59 Å². The van der Waals surface area contributed by atoms with Crippen LogP contribution in [0.4, 0.5) is 0 Å². The van der Waals surface area contributed by atoms with E-state index in [1.54, 1.807) is 0 Å². The minimum Gasteiger partial charge on any atom is -0.462 e. The highest BCUT2D eigenvalue weighted by Gasteiger charge is 2.34.